The molecule has 1 aliphatic heterocycles. The summed E-state index contributed by atoms with van der Waals surface area (Å²) in [5.74, 6) is 0.294. The number of β-amino-alcohol motifs (C(OH)–C–C–N with tert-alkyl or cyclic N) is 1. The molecule has 40 heavy (non-hydrogen) atoms. The number of nitrogens with zero attached hydrogens (tertiary/aromatic N) is 3. The molecule has 1 aliphatic rings. The number of piperazine rings is 1. The van der Waals surface area contributed by atoms with Crippen molar-refractivity contribution in [3.8, 4) is 5.75 Å². The fourth-order valence-corrected chi connectivity index (χ4v) is 5.50. The molecule has 0 spiro atoms. The monoisotopic (exact) mass is 541 g/mol. The standard InChI is InChI=1S/C33H39N3O4/c1-3-39-33(38)32-25(2)36(22-27-12-8-5-9-13-27)31-15-14-29(20-30(31)32)40-24-28(37)23-35-18-16-34(17-19-35)21-26-10-6-4-7-11-26/h4-15,20,28,37H,3,16-19,21-24H2,1-2H3/t28-/m1/s1. The average Bonchev–Trinajstić information content (AvgIpc) is 3.24. The summed E-state index contributed by atoms with van der Waals surface area (Å²) in [5, 5.41) is 11.5. The lowest BCUT2D eigenvalue weighted by Crippen LogP contribution is -2.48. The number of hydrogen-bond donors (Lipinski definition) is 1. The van der Waals surface area contributed by atoms with E-state index in [2.05, 4.69) is 50.8 Å². The summed E-state index contributed by atoms with van der Waals surface area (Å²) in [5.41, 5.74) is 4.86. The van der Waals surface area contributed by atoms with Crippen LogP contribution in [0.15, 0.2) is 78.9 Å². The van der Waals surface area contributed by atoms with E-state index in [-0.39, 0.29) is 12.6 Å². The van der Waals surface area contributed by atoms with Crippen molar-refractivity contribution in [3.05, 3.63) is 101 Å². The highest BCUT2D eigenvalue weighted by Gasteiger charge is 2.23. The lowest BCUT2D eigenvalue weighted by Gasteiger charge is -2.35. The number of benzene rings is 3. The zero-order chi connectivity index (χ0) is 27.9. The van der Waals surface area contributed by atoms with Crippen LogP contribution < -0.4 is 4.74 Å². The lowest BCUT2D eigenvalue weighted by molar-refractivity contribution is 0.0446. The molecule has 7 nitrogen and oxygen atoms in total. The number of aliphatic hydroxyl groups is 1. The smallest absolute Gasteiger partial charge is 0.340 e. The molecule has 1 atom stereocenters. The molecule has 0 aliphatic carbocycles. The van der Waals surface area contributed by atoms with Gasteiger partial charge < -0.3 is 19.1 Å². The third-order valence-electron chi connectivity index (χ3n) is 7.58. The van der Waals surface area contributed by atoms with E-state index in [0.717, 1.165) is 54.9 Å². The van der Waals surface area contributed by atoms with E-state index in [1.807, 2.05) is 56.3 Å². The number of aliphatic hydroxyl groups excluding tert-OH is 1. The topological polar surface area (TPSA) is 67.2 Å². The molecule has 0 unspecified atom stereocenters. The van der Waals surface area contributed by atoms with E-state index in [1.165, 1.54) is 5.56 Å². The van der Waals surface area contributed by atoms with Crippen LogP contribution in [-0.2, 0) is 17.8 Å². The van der Waals surface area contributed by atoms with Gasteiger partial charge in [-0.25, -0.2) is 4.79 Å². The Labute approximate surface area is 236 Å². The van der Waals surface area contributed by atoms with Gasteiger partial charge in [-0.15, -0.1) is 0 Å². The Balaban J connectivity index is 1.22. The number of rotatable bonds is 11. The van der Waals surface area contributed by atoms with Crippen LogP contribution in [0.2, 0.25) is 0 Å². The van der Waals surface area contributed by atoms with Gasteiger partial charge in [-0.2, -0.15) is 0 Å². The number of fused-ring (bicyclic) bond motifs is 1. The first-order valence-electron chi connectivity index (χ1n) is 14.1. The van der Waals surface area contributed by atoms with Crippen molar-refractivity contribution in [3.63, 3.8) is 0 Å². The van der Waals surface area contributed by atoms with Crippen LogP contribution in [0.4, 0.5) is 0 Å². The van der Waals surface area contributed by atoms with E-state index in [9.17, 15) is 9.90 Å². The fraction of sp³-hybridized carbons (Fsp3) is 0.364. The first-order chi connectivity index (χ1) is 19.5. The van der Waals surface area contributed by atoms with Crippen LogP contribution in [0, 0.1) is 6.92 Å². The van der Waals surface area contributed by atoms with Crippen molar-refractivity contribution >= 4 is 16.9 Å². The maximum absolute atomic E-state index is 12.9. The van der Waals surface area contributed by atoms with Crippen molar-refractivity contribution in [2.75, 3.05) is 45.9 Å². The van der Waals surface area contributed by atoms with Crippen LogP contribution in [0.3, 0.4) is 0 Å². The van der Waals surface area contributed by atoms with Crippen molar-refractivity contribution in [2.24, 2.45) is 0 Å². The first kappa shape index (κ1) is 27.9. The first-order valence-corrected chi connectivity index (χ1v) is 14.1. The predicted molar refractivity (Wildman–Crippen MR) is 158 cm³/mol. The summed E-state index contributed by atoms with van der Waals surface area (Å²) in [6.45, 7) is 10.3. The zero-order valence-electron chi connectivity index (χ0n) is 23.5. The molecule has 4 aromatic rings. The van der Waals surface area contributed by atoms with Crippen LogP contribution in [-0.4, -0.2) is 77.5 Å². The third kappa shape index (κ3) is 6.73. The molecule has 3 aromatic carbocycles. The van der Waals surface area contributed by atoms with Crippen LogP contribution in [0.5, 0.6) is 5.75 Å². The molecule has 1 aromatic heterocycles. The Hall–Kier alpha value is -3.65. The van der Waals surface area contributed by atoms with Crippen molar-refractivity contribution in [2.45, 2.75) is 33.0 Å². The number of hydrogen-bond acceptors (Lipinski definition) is 6. The Morgan fingerprint density at radius 2 is 1.50 bits per heavy atom. The largest absolute Gasteiger partial charge is 0.491 e. The Morgan fingerprint density at radius 3 is 2.15 bits per heavy atom. The minimum Gasteiger partial charge on any atom is -0.491 e. The van der Waals surface area contributed by atoms with Gasteiger partial charge >= 0.3 is 5.97 Å². The van der Waals surface area contributed by atoms with E-state index in [1.54, 1.807) is 0 Å². The SMILES string of the molecule is CCOC(=O)c1c(C)n(Cc2ccccc2)c2ccc(OC[C@H](O)CN3CCN(Cc4ccccc4)CC3)cc12. The average molecular weight is 542 g/mol. The number of carbonyl (C=O) groups is 1. The fourth-order valence-electron chi connectivity index (χ4n) is 5.50. The predicted octanol–water partition coefficient (Wildman–Crippen LogP) is 4.73. The zero-order valence-corrected chi connectivity index (χ0v) is 23.5. The summed E-state index contributed by atoms with van der Waals surface area (Å²) < 4.78 is 13.6. The Morgan fingerprint density at radius 1 is 0.875 bits per heavy atom. The van der Waals surface area contributed by atoms with Gasteiger partial charge in [0.25, 0.3) is 0 Å². The van der Waals surface area contributed by atoms with Gasteiger partial charge in [0, 0.05) is 62.4 Å². The molecule has 1 saturated heterocycles. The van der Waals surface area contributed by atoms with Crippen LogP contribution in [0.25, 0.3) is 10.9 Å². The number of carbonyl (C=O) groups excluding carboxylic acids is 1. The Kier molecular flexibility index (Phi) is 9.16. The van der Waals surface area contributed by atoms with Gasteiger partial charge in [0.1, 0.15) is 18.5 Å². The number of aromatic nitrogens is 1. The molecular formula is C33H39N3O4. The third-order valence-corrected chi connectivity index (χ3v) is 7.58. The summed E-state index contributed by atoms with van der Waals surface area (Å²) in [6, 6.07) is 26.5. The van der Waals surface area contributed by atoms with Crippen molar-refractivity contribution in [1.82, 2.24) is 14.4 Å². The van der Waals surface area contributed by atoms with Gasteiger partial charge in [0.05, 0.1) is 12.2 Å². The quantitative estimate of drug-likeness (QED) is 0.277. The Bertz CT molecular complexity index is 1400. The molecule has 210 valence electrons. The molecule has 7 heteroatoms. The number of esters is 1. The van der Waals surface area contributed by atoms with Gasteiger partial charge in [0.15, 0.2) is 0 Å². The van der Waals surface area contributed by atoms with Gasteiger partial charge in [-0.1, -0.05) is 60.7 Å². The second-order valence-corrected chi connectivity index (χ2v) is 10.5. The second-order valence-electron chi connectivity index (χ2n) is 10.5. The molecular weight excluding hydrogens is 502 g/mol. The van der Waals surface area contributed by atoms with Crippen LogP contribution in [0.1, 0.15) is 34.1 Å². The number of ether oxygens (including phenoxy) is 2. The molecule has 0 bridgehead atoms. The summed E-state index contributed by atoms with van der Waals surface area (Å²) in [6.07, 6.45) is -0.606. The molecule has 5 rings (SSSR count). The second kappa shape index (κ2) is 13.1. The minimum absolute atomic E-state index is 0.189. The summed E-state index contributed by atoms with van der Waals surface area (Å²) in [7, 11) is 0. The van der Waals surface area contributed by atoms with Crippen LogP contribution >= 0.6 is 0 Å². The molecule has 0 saturated carbocycles. The molecule has 1 N–H and O–H groups in total. The molecule has 0 radical (unpaired) electrons. The van der Waals surface area contributed by atoms with E-state index >= 15 is 0 Å². The van der Waals surface area contributed by atoms with E-state index in [4.69, 9.17) is 9.47 Å². The molecule has 0 amide bonds. The van der Waals surface area contributed by atoms with Gasteiger partial charge in [-0.3, -0.25) is 9.80 Å². The molecule has 1 fully saturated rings. The highest BCUT2D eigenvalue weighted by Crippen LogP contribution is 2.31. The highest BCUT2D eigenvalue weighted by molar-refractivity contribution is 6.06. The normalized spacial score (nSPS) is 15.3. The maximum Gasteiger partial charge on any atom is 0.340 e. The molecule has 2 heterocycles. The summed E-state index contributed by atoms with van der Waals surface area (Å²) >= 11 is 0. The highest BCUT2D eigenvalue weighted by atomic mass is 16.5. The van der Waals surface area contributed by atoms with Gasteiger partial charge in [-0.05, 0) is 43.2 Å². The lowest BCUT2D eigenvalue weighted by atomic mass is 10.1. The maximum atomic E-state index is 12.9. The van der Waals surface area contributed by atoms with Crippen molar-refractivity contribution in [1.29, 1.82) is 0 Å². The minimum atomic E-state index is -0.606. The van der Waals surface area contributed by atoms with Crippen molar-refractivity contribution < 1.29 is 19.4 Å². The summed E-state index contributed by atoms with van der Waals surface area (Å²) in [4.78, 5) is 17.7. The van der Waals surface area contributed by atoms with Gasteiger partial charge in [0.2, 0.25) is 0 Å². The van der Waals surface area contributed by atoms with E-state index < -0.39 is 6.10 Å². The van der Waals surface area contributed by atoms with E-state index in [0.29, 0.717) is 31.0 Å².